The molecule has 0 saturated heterocycles. The van der Waals surface area contributed by atoms with Crippen molar-refractivity contribution >= 4 is 15.8 Å². The summed E-state index contributed by atoms with van der Waals surface area (Å²) in [5.74, 6) is -0.495. The molecule has 0 spiro atoms. The Bertz CT molecular complexity index is 1490. The zero-order valence-corrected chi connectivity index (χ0v) is 22.7. The Morgan fingerprint density at radius 1 is 0.769 bits per heavy atom. The third kappa shape index (κ3) is 7.04. The Kier molecular flexibility index (Phi) is 9.35. The maximum atomic E-state index is 13.5. The van der Waals surface area contributed by atoms with Gasteiger partial charge in [-0.05, 0) is 47.9 Å². The van der Waals surface area contributed by atoms with Gasteiger partial charge in [0.1, 0.15) is 12.2 Å². The van der Waals surface area contributed by atoms with Gasteiger partial charge in [-0.3, -0.25) is 0 Å². The monoisotopic (exact) mass is 545 g/mol. The summed E-state index contributed by atoms with van der Waals surface area (Å²) in [6, 6.07) is 28.9. The Morgan fingerprint density at radius 3 is 2.03 bits per heavy atom. The number of hydrogen-bond acceptors (Lipinski definition) is 7. The van der Waals surface area contributed by atoms with Crippen molar-refractivity contribution in [2.45, 2.75) is 29.4 Å². The Labute approximate surface area is 229 Å². The van der Waals surface area contributed by atoms with Gasteiger partial charge in [-0.2, -0.15) is 0 Å². The molecule has 4 aromatic rings. The lowest BCUT2D eigenvalue weighted by Crippen LogP contribution is -2.16. The zero-order valence-electron chi connectivity index (χ0n) is 21.9. The molecule has 1 N–H and O–H groups in total. The molecule has 0 saturated carbocycles. The standard InChI is InChI=1S/C31H31NO6S/c1-36-29-20-27(19-28(31(33)37-2)30(29)38-22-25-11-7-4-8-12-25)39(34,35)26-15-13-23(14-16-26)17-18-32-21-24-9-5-3-6-10-24/h3-16,19-20,32H,17-18,21-22H2,1-2H3. The molecule has 0 amide bonds. The van der Waals surface area contributed by atoms with E-state index >= 15 is 0 Å². The highest BCUT2D eigenvalue weighted by atomic mass is 32.2. The molecule has 39 heavy (non-hydrogen) atoms. The minimum atomic E-state index is -3.96. The number of ether oxygens (including phenoxy) is 3. The van der Waals surface area contributed by atoms with Crippen LogP contribution in [0, 0.1) is 0 Å². The van der Waals surface area contributed by atoms with Crippen molar-refractivity contribution in [2.75, 3.05) is 20.8 Å². The van der Waals surface area contributed by atoms with Crippen LogP contribution in [0.2, 0.25) is 0 Å². The van der Waals surface area contributed by atoms with Gasteiger partial charge in [-0.25, -0.2) is 13.2 Å². The highest BCUT2D eigenvalue weighted by Gasteiger charge is 2.26. The van der Waals surface area contributed by atoms with Crippen LogP contribution in [0.1, 0.15) is 27.0 Å². The van der Waals surface area contributed by atoms with E-state index in [1.54, 1.807) is 24.3 Å². The van der Waals surface area contributed by atoms with Crippen molar-refractivity contribution in [3.63, 3.8) is 0 Å². The summed E-state index contributed by atoms with van der Waals surface area (Å²) in [5.41, 5.74) is 3.05. The first-order valence-corrected chi connectivity index (χ1v) is 14.0. The molecule has 8 heteroatoms. The van der Waals surface area contributed by atoms with Crippen molar-refractivity contribution in [3.8, 4) is 11.5 Å². The van der Waals surface area contributed by atoms with Crippen molar-refractivity contribution in [1.82, 2.24) is 5.32 Å². The number of benzene rings is 4. The van der Waals surface area contributed by atoms with Gasteiger partial charge < -0.3 is 19.5 Å². The second kappa shape index (κ2) is 13.1. The van der Waals surface area contributed by atoms with E-state index < -0.39 is 15.8 Å². The summed E-state index contributed by atoms with van der Waals surface area (Å²) < 4.78 is 43.3. The summed E-state index contributed by atoms with van der Waals surface area (Å²) in [4.78, 5) is 12.6. The van der Waals surface area contributed by atoms with E-state index in [1.807, 2.05) is 48.5 Å². The molecule has 0 aliphatic rings. The smallest absolute Gasteiger partial charge is 0.341 e. The third-order valence-electron chi connectivity index (χ3n) is 6.19. The predicted octanol–water partition coefficient (Wildman–Crippen LogP) is 5.23. The lowest BCUT2D eigenvalue weighted by atomic mass is 10.1. The van der Waals surface area contributed by atoms with E-state index in [-0.39, 0.29) is 33.5 Å². The Balaban J connectivity index is 1.52. The molecule has 202 valence electrons. The minimum absolute atomic E-state index is 0.0348. The number of carbonyl (C=O) groups excluding carboxylic acids is 1. The average Bonchev–Trinajstić information content (AvgIpc) is 2.98. The number of sulfone groups is 1. The van der Waals surface area contributed by atoms with Crippen LogP contribution in [0.5, 0.6) is 11.5 Å². The maximum Gasteiger partial charge on any atom is 0.341 e. The lowest BCUT2D eigenvalue weighted by molar-refractivity contribution is 0.0594. The number of methoxy groups -OCH3 is 2. The largest absolute Gasteiger partial charge is 0.493 e. The van der Waals surface area contributed by atoms with Crippen LogP contribution in [0.25, 0.3) is 0 Å². The number of nitrogens with one attached hydrogen (secondary N) is 1. The van der Waals surface area contributed by atoms with Gasteiger partial charge in [0.2, 0.25) is 9.84 Å². The molecule has 4 aromatic carbocycles. The molecule has 0 radical (unpaired) electrons. The van der Waals surface area contributed by atoms with Crippen molar-refractivity contribution in [3.05, 3.63) is 119 Å². The first-order valence-electron chi connectivity index (χ1n) is 12.5. The van der Waals surface area contributed by atoms with Gasteiger partial charge in [0.25, 0.3) is 0 Å². The third-order valence-corrected chi connectivity index (χ3v) is 7.94. The molecular formula is C31H31NO6S. The molecule has 7 nitrogen and oxygen atoms in total. The Morgan fingerprint density at radius 2 is 1.41 bits per heavy atom. The number of rotatable bonds is 12. The van der Waals surface area contributed by atoms with E-state index in [9.17, 15) is 13.2 Å². The highest BCUT2D eigenvalue weighted by molar-refractivity contribution is 7.91. The summed E-state index contributed by atoms with van der Waals surface area (Å²) in [6.45, 7) is 1.68. The molecule has 0 atom stereocenters. The maximum absolute atomic E-state index is 13.5. The van der Waals surface area contributed by atoms with Gasteiger partial charge >= 0.3 is 5.97 Å². The predicted molar refractivity (Wildman–Crippen MR) is 149 cm³/mol. The van der Waals surface area contributed by atoms with E-state index in [4.69, 9.17) is 14.2 Å². The second-order valence-corrected chi connectivity index (χ2v) is 10.8. The summed E-state index contributed by atoms with van der Waals surface area (Å²) in [7, 11) is -1.34. The number of hydrogen-bond donors (Lipinski definition) is 1. The van der Waals surface area contributed by atoms with Gasteiger partial charge in [-0.1, -0.05) is 72.8 Å². The first kappa shape index (κ1) is 27.9. The zero-order chi connectivity index (χ0) is 27.7. The summed E-state index contributed by atoms with van der Waals surface area (Å²) in [6.07, 6.45) is 0.751. The van der Waals surface area contributed by atoms with Crippen LogP contribution in [-0.2, 0) is 34.1 Å². The van der Waals surface area contributed by atoms with Crippen LogP contribution in [0.3, 0.4) is 0 Å². The van der Waals surface area contributed by atoms with Crippen LogP contribution < -0.4 is 14.8 Å². The number of carbonyl (C=O) groups is 1. The highest BCUT2D eigenvalue weighted by Crippen LogP contribution is 2.37. The molecule has 0 fully saturated rings. The van der Waals surface area contributed by atoms with E-state index in [2.05, 4.69) is 17.4 Å². The van der Waals surface area contributed by atoms with Crippen molar-refractivity contribution in [1.29, 1.82) is 0 Å². The molecule has 0 aliphatic heterocycles. The van der Waals surface area contributed by atoms with Crippen molar-refractivity contribution < 1.29 is 27.4 Å². The van der Waals surface area contributed by atoms with Gasteiger partial charge in [0.05, 0.1) is 24.0 Å². The fraction of sp³-hybridized carbons (Fsp3) is 0.194. The fourth-order valence-corrected chi connectivity index (χ4v) is 5.36. The van der Waals surface area contributed by atoms with Crippen LogP contribution in [0.4, 0.5) is 0 Å². The second-order valence-electron chi connectivity index (χ2n) is 8.83. The molecule has 0 aliphatic carbocycles. The minimum Gasteiger partial charge on any atom is -0.493 e. The van der Waals surface area contributed by atoms with Crippen molar-refractivity contribution in [2.24, 2.45) is 0 Å². The molecule has 0 aromatic heterocycles. The Hall–Kier alpha value is -4.14. The van der Waals surface area contributed by atoms with Crippen LogP contribution in [-0.4, -0.2) is 35.2 Å². The van der Waals surface area contributed by atoms with Crippen LogP contribution >= 0.6 is 0 Å². The number of esters is 1. The summed E-state index contributed by atoms with van der Waals surface area (Å²) >= 11 is 0. The first-order chi connectivity index (χ1) is 18.9. The fourth-order valence-electron chi connectivity index (χ4n) is 4.06. The summed E-state index contributed by atoms with van der Waals surface area (Å²) in [5, 5.41) is 3.39. The van der Waals surface area contributed by atoms with Gasteiger partial charge in [-0.15, -0.1) is 0 Å². The topological polar surface area (TPSA) is 90.9 Å². The molecule has 0 bridgehead atoms. The molecular weight excluding hydrogens is 514 g/mol. The molecule has 0 unspecified atom stereocenters. The quantitative estimate of drug-likeness (QED) is 0.193. The van der Waals surface area contributed by atoms with E-state index in [0.29, 0.717) is 0 Å². The normalized spacial score (nSPS) is 11.1. The lowest BCUT2D eigenvalue weighted by Gasteiger charge is -2.16. The van der Waals surface area contributed by atoms with E-state index in [1.165, 1.54) is 31.9 Å². The van der Waals surface area contributed by atoms with Gasteiger partial charge in [0.15, 0.2) is 11.5 Å². The van der Waals surface area contributed by atoms with Gasteiger partial charge in [0, 0.05) is 12.6 Å². The van der Waals surface area contributed by atoms with Crippen LogP contribution in [0.15, 0.2) is 107 Å². The van der Waals surface area contributed by atoms with E-state index in [0.717, 1.165) is 30.6 Å². The average molecular weight is 546 g/mol. The molecule has 0 heterocycles. The SMILES string of the molecule is COC(=O)c1cc(S(=O)(=O)c2ccc(CCNCc3ccccc3)cc2)cc(OC)c1OCc1ccccc1. The molecule has 4 rings (SSSR count).